The molecule has 0 saturated carbocycles. The molecule has 26 heavy (non-hydrogen) atoms. The van der Waals surface area contributed by atoms with E-state index in [1.165, 1.54) is 9.80 Å². The number of likely N-dealkylation sites (N-methyl/N-ethyl adjacent to an activating group) is 2. The minimum Gasteiger partial charge on any atom is -0.494 e. The van der Waals surface area contributed by atoms with Crippen LogP contribution in [0, 0.1) is 0 Å². The lowest BCUT2D eigenvalue weighted by Gasteiger charge is -2.33. The van der Waals surface area contributed by atoms with Crippen LogP contribution in [0.2, 0.25) is 0 Å². The number of fused-ring (bicyclic) bond motifs is 2. The molecular formula is C18H22N5O3+. The number of amides is 3. The molecule has 1 saturated heterocycles. The number of anilines is 1. The van der Waals surface area contributed by atoms with Gasteiger partial charge in [-0.3, -0.25) is 14.6 Å². The normalized spacial score (nSPS) is 22.0. The van der Waals surface area contributed by atoms with Gasteiger partial charge in [0.1, 0.15) is 18.0 Å². The molecule has 1 aromatic carbocycles. The van der Waals surface area contributed by atoms with Gasteiger partial charge in [-0.1, -0.05) is 4.99 Å². The molecule has 3 aliphatic heterocycles. The number of ether oxygens (including phenoxy) is 1. The van der Waals surface area contributed by atoms with Crippen LogP contribution < -0.4 is 9.64 Å². The molecule has 3 amide bonds. The predicted octanol–water partition coefficient (Wildman–Crippen LogP) is 0.968. The van der Waals surface area contributed by atoms with E-state index in [1.807, 2.05) is 42.7 Å². The molecule has 4 rings (SSSR count). The molecule has 0 spiro atoms. The fraction of sp³-hybridized carbons (Fsp3) is 0.444. The van der Waals surface area contributed by atoms with Crippen molar-refractivity contribution in [1.82, 2.24) is 9.80 Å². The van der Waals surface area contributed by atoms with E-state index in [9.17, 15) is 9.59 Å². The Balaban J connectivity index is 1.67. The van der Waals surface area contributed by atoms with Gasteiger partial charge in [-0.05, 0) is 38.1 Å². The van der Waals surface area contributed by atoms with Crippen LogP contribution in [0.3, 0.4) is 0 Å². The van der Waals surface area contributed by atoms with E-state index >= 15 is 0 Å². The Labute approximate surface area is 152 Å². The monoisotopic (exact) mass is 356 g/mol. The fourth-order valence-electron chi connectivity index (χ4n) is 3.68. The van der Waals surface area contributed by atoms with Crippen molar-refractivity contribution in [2.24, 2.45) is 4.99 Å². The predicted molar refractivity (Wildman–Crippen MR) is 96.9 cm³/mol. The average molecular weight is 356 g/mol. The van der Waals surface area contributed by atoms with Crippen LogP contribution in [0.15, 0.2) is 29.3 Å². The second-order valence-electron chi connectivity index (χ2n) is 6.37. The highest BCUT2D eigenvalue weighted by atomic mass is 16.5. The molecule has 1 unspecified atom stereocenters. The molecule has 1 fully saturated rings. The van der Waals surface area contributed by atoms with E-state index in [0.29, 0.717) is 25.5 Å². The number of benzene rings is 1. The van der Waals surface area contributed by atoms with Gasteiger partial charge in [0.05, 0.1) is 13.2 Å². The summed E-state index contributed by atoms with van der Waals surface area (Å²) in [5.74, 6) is 1.86. The SMILES string of the molecule is CCOc1ccc(N2CC[N+]3=C2N=C2C3C(=O)N(CC)C(=O)N2C)cc1. The summed E-state index contributed by atoms with van der Waals surface area (Å²) in [5.41, 5.74) is 0.989. The molecule has 3 aliphatic rings. The van der Waals surface area contributed by atoms with E-state index in [-0.39, 0.29) is 11.9 Å². The van der Waals surface area contributed by atoms with Crippen LogP contribution in [0.4, 0.5) is 10.5 Å². The van der Waals surface area contributed by atoms with Crippen molar-refractivity contribution in [2.75, 3.05) is 38.2 Å². The number of rotatable bonds is 4. The number of carbonyl (C=O) groups is 2. The van der Waals surface area contributed by atoms with Gasteiger partial charge in [0.25, 0.3) is 5.91 Å². The lowest BCUT2D eigenvalue weighted by Crippen LogP contribution is -2.62. The van der Waals surface area contributed by atoms with Gasteiger partial charge < -0.3 is 4.74 Å². The third-order valence-electron chi connectivity index (χ3n) is 4.97. The largest absolute Gasteiger partial charge is 0.494 e. The number of guanidine groups is 1. The van der Waals surface area contributed by atoms with Gasteiger partial charge in [-0.15, -0.1) is 0 Å². The molecule has 0 N–H and O–H groups in total. The van der Waals surface area contributed by atoms with Crippen LogP contribution in [-0.4, -0.2) is 77.4 Å². The van der Waals surface area contributed by atoms with Crippen molar-refractivity contribution in [3.05, 3.63) is 24.3 Å². The quantitative estimate of drug-likeness (QED) is 0.754. The van der Waals surface area contributed by atoms with Crippen molar-refractivity contribution in [2.45, 2.75) is 19.9 Å². The summed E-state index contributed by atoms with van der Waals surface area (Å²) in [7, 11) is 1.67. The third kappa shape index (κ3) is 2.28. The first-order chi connectivity index (χ1) is 12.6. The maximum atomic E-state index is 12.8. The van der Waals surface area contributed by atoms with Gasteiger partial charge in [0.2, 0.25) is 11.9 Å². The van der Waals surface area contributed by atoms with Gasteiger partial charge >= 0.3 is 12.0 Å². The third-order valence-corrected chi connectivity index (χ3v) is 4.97. The zero-order valence-corrected chi connectivity index (χ0v) is 15.2. The zero-order valence-electron chi connectivity index (χ0n) is 15.2. The molecule has 0 aromatic heterocycles. The molecular weight excluding hydrogens is 334 g/mol. The van der Waals surface area contributed by atoms with Crippen molar-refractivity contribution >= 4 is 29.4 Å². The Hall–Kier alpha value is -2.90. The lowest BCUT2D eigenvalue weighted by molar-refractivity contribution is -0.525. The van der Waals surface area contributed by atoms with Crippen molar-refractivity contribution < 1.29 is 18.9 Å². The lowest BCUT2D eigenvalue weighted by atomic mass is 10.1. The molecule has 8 heteroatoms. The highest BCUT2D eigenvalue weighted by molar-refractivity contribution is 6.24. The minimum absolute atomic E-state index is 0.196. The van der Waals surface area contributed by atoms with E-state index in [1.54, 1.807) is 7.05 Å². The van der Waals surface area contributed by atoms with E-state index < -0.39 is 6.04 Å². The first-order valence-electron chi connectivity index (χ1n) is 8.88. The summed E-state index contributed by atoms with van der Waals surface area (Å²) in [6.45, 7) is 6.17. The van der Waals surface area contributed by atoms with Crippen LogP contribution in [0.25, 0.3) is 0 Å². The first kappa shape index (κ1) is 16.6. The number of nitrogens with zero attached hydrogens (tertiary/aromatic N) is 5. The Morgan fingerprint density at radius 2 is 1.96 bits per heavy atom. The molecule has 3 heterocycles. The van der Waals surface area contributed by atoms with Gasteiger partial charge in [-0.25, -0.2) is 14.3 Å². The zero-order chi connectivity index (χ0) is 18.4. The molecule has 0 aliphatic carbocycles. The highest BCUT2D eigenvalue weighted by Gasteiger charge is 2.55. The van der Waals surface area contributed by atoms with Crippen LogP contribution >= 0.6 is 0 Å². The van der Waals surface area contributed by atoms with Crippen LogP contribution in [-0.2, 0) is 4.79 Å². The Morgan fingerprint density at radius 1 is 1.23 bits per heavy atom. The topological polar surface area (TPSA) is 68.5 Å². The number of hydrogen-bond acceptors (Lipinski definition) is 5. The standard InChI is InChI=1S/C18H22N5O3/c1-4-21-16(24)14-15(20(3)18(21)25)19-17-22(10-11-23(14)17)12-6-8-13(9-7-12)26-5-2/h6-9,14H,4-5,10-11H2,1-3H3/q+1. The fourth-order valence-corrected chi connectivity index (χ4v) is 3.68. The Morgan fingerprint density at radius 3 is 2.62 bits per heavy atom. The summed E-state index contributed by atoms with van der Waals surface area (Å²) >= 11 is 0. The van der Waals surface area contributed by atoms with Crippen LogP contribution in [0.5, 0.6) is 5.75 Å². The highest BCUT2D eigenvalue weighted by Crippen LogP contribution is 2.27. The second kappa shape index (κ2) is 6.12. The van der Waals surface area contributed by atoms with Crippen LogP contribution in [0.1, 0.15) is 13.8 Å². The Bertz CT molecular complexity index is 830. The second-order valence-corrected chi connectivity index (χ2v) is 6.37. The van der Waals surface area contributed by atoms with Gasteiger partial charge in [0, 0.05) is 13.6 Å². The summed E-state index contributed by atoms with van der Waals surface area (Å²) in [4.78, 5) is 34.7. The Kier molecular flexibility index (Phi) is 3.90. The molecule has 1 aromatic rings. The smallest absolute Gasteiger partial charge is 0.397 e. The minimum atomic E-state index is -0.514. The van der Waals surface area contributed by atoms with Crippen molar-refractivity contribution in [1.29, 1.82) is 0 Å². The van der Waals surface area contributed by atoms with E-state index in [4.69, 9.17) is 4.74 Å². The molecule has 136 valence electrons. The number of urea groups is 1. The number of carbonyl (C=O) groups excluding carboxylic acids is 2. The van der Waals surface area contributed by atoms with E-state index in [0.717, 1.165) is 23.9 Å². The van der Waals surface area contributed by atoms with Gasteiger partial charge in [-0.2, -0.15) is 0 Å². The van der Waals surface area contributed by atoms with Gasteiger partial charge in [0.15, 0.2) is 0 Å². The molecule has 1 atom stereocenters. The number of hydrogen-bond donors (Lipinski definition) is 0. The number of imide groups is 1. The van der Waals surface area contributed by atoms with E-state index in [2.05, 4.69) is 9.89 Å². The molecule has 8 nitrogen and oxygen atoms in total. The van der Waals surface area contributed by atoms with Crippen molar-refractivity contribution in [3.63, 3.8) is 0 Å². The summed E-state index contributed by atoms with van der Waals surface area (Å²) in [6, 6.07) is 6.99. The summed E-state index contributed by atoms with van der Waals surface area (Å²) in [5, 5.41) is 0. The summed E-state index contributed by atoms with van der Waals surface area (Å²) < 4.78 is 7.48. The first-order valence-corrected chi connectivity index (χ1v) is 8.88. The molecule has 0 bridgehead atoms. The maximum Gasteiger partial charge on any atom is 0.397 e. The molecule has 0 radical (unpaired) electrons. The number of amidine groups is 1. The maximum absolute atomic E-state index is 12.8. The van der Waals surface area contributed by atoms with Crippen molar-refractivity contribution in [3.8, 4) is 5.75 Å². The average Bonchev–Trinajstić information content (AvgIpc) is 3.21. The number of aliphatic imine (C=N–C) groups is 1. The summed E-state index contributed by atoms with van der Waals surface area (Å²) in [6.07, 6.45) is 0.